The molecule has 2 bridgehead atoms. The van der Waals surface area contributed by atoms with Crippen LogP contribution in [-0.4, -0.2) is 44.2 Å². The molecule has 3 fully saturated rings. The first kappa shape index (κ1) is 14.7. The number of nitrogens with zero attached hydrogens (tertiary/aromatic N) is 3. The van der Waals surface area contributed by atoms with Crippen molar-refractivity contribution in [2.24, 2.45) is 24.8 Å². The molecule has 6 heteroatoms. The monoisotopic (exact) mass is 343 g/mol. The molecule has 2 aliphatic carbocycles. The zero-order chi connectivity index (χ0) is 16.6. The van der Waals surface area contributed by atoms with Gasteiger partial charge in [-0.15, -0.1) is 11.3 Å². The molecule has 5 atom stereocenters. The highest BCUT2D eigenvalue weighted by Crippen LogP contribution is 2.55. The maximum absolute atomic E-state index is 13.0. The van der Waals surface area contributed by atoms with Crippen molar-refractivity contribution in [1.82, 2.24) is 14.5 Å². The third kappa shape index (κ3) is 1.84. The van der Waals surface area contributed by atoms with Crippen LogP contribution < -0.4 is 0 Å². The van der Waals surface area contributed by atoms with Gasteiger partial charge in [0.1, 0.15) is 10.7 Å². The number of rotatable bonds is 2. The summed E-state index contributed by atoms with van der Waals surface area (Å²) in [6.45, 7) is 2.85. The average molecular weight is 343 g/mol. The fourth-order valence-electron chi connectivity index (χ4n) is 5.11. The average Bonchev–Trinajstić information content (AvgIpc) is 3.31. The molecule has 2 aromatic heterocycles. The molecule has 1 amide bonds. The summed E-state index contributed by atoms with van der Waals surface area (Å²) >= 11 is 1.51. The highest BCUT2D eigenvalue weighted by atomic mass is 32.1. The number of aliphatic hydroxyl groups excluding tert-OH is 1. The van der Waals surface area contributed by atoms with E-state index in [9.17, 15) is 9.90 Å². The topological polar surface area (TPSA) is 58.4 Å². The fourth-order valence-corrected chi connectivity index (χ4v) is 5.97. The van der Waals surface area contributed by atoms with E-state index in [1.54, 1.807) is 0 Å². The van der Waals surface area contributed by atoms with Gasteiger partial charge < -0.3 is 14.6 Å². The number of fused-ring (bicyclic) bond motifs is 1. The number of aryl methyl sites for hydroxylation is 1. The molecule has 2 aromatic rings. The van der Waals surface area contributed by atoms with Gasteiger partial charge in [-0.2, -0.15) is 0 Å². The van der Waals surface area contributed by atoms with Crippen molar-refractivity contribution in [2.75, 3.05) is 6.54 Å². The summed E-state index contributed by atoms with van der Waals surface area (Å²) in [4.78, 5) is 19.5. The molecule has 1 N–H and O–H groups in total. The first-order valence-electron chi connectivity index (χ1n) is 8.62. The molecular weight excluding hydrogens is 322 g/mol. The minimum absolute atomic E-state index is 0.0115. The molecule has 2 saturated carbocycles. The van der Waals surface area contributed by atoms with Gasteiger partial charge in [0, 0.05) is 24.7 Å². The van der Waals surface area contributed by atoms with Crippen LogP contribution in [-0.2, 0) is 7.05 Å². The Labute approximate surface area is 144 Å². The van der Waals surface area contributed by atoms with E-state index in [-0.39, 0.29) is 18.1 Å². The van der Waals surface area contributed by atoms with Crippen LogP contribution in [0.3, 0.4) is 0 Å². The van der Waals surface area contributed by atoms with Gasteiger partial charge in [-0.05, 0) is 49.7 Å². The molecule has 5 nitrogen and oxygen atoms in total. The van der Waals surface area contributed by atoms with E-state index in [4.69, 9.17) is 0 Å². The van der Waals surface area contributed by atoms with Gasteiger partial charge in [0.15, 0.2) is 0 Å². The predicted molar refractivity (Wildman–Crippen MR) is 91.8 cm³/mol. The van der Waals surface area contributed by atoms with Gasteiger partial charge in [-0.1, -0.05) is 0 Å². The summed E-state index contributed by atoms with van der Waals surface area (Å²) in [7, 11) is 2.01. The van der Waals surface area contributed by atoms with Gasteiger partial charge >= 0.3 is 0 Å². The zero-order valence-electron chi connectivity index (χ0n) is 13.8. The van der Waals surface area contributed by atoms with Gasteiger partial charge in [0.05, 0.1) is 17.8 Å². The summed E-state index contributed by atoms with van der Waals surface area (Å²) in [5.41, 5.74) is 2.73. The predicted octanol–water partition coefficient (Wildman–Crippen LogP) is 2.30. The van der Waals surface area contributed by atoms with Crippen molar-refractivity contribution in [3.8, 4) is 10.7 Å². The summed E-state index contributed by atoms with van der Waals surface area (Å²) in [5, 5.41) is 13.2. The highest BCUT2D eigenvalue weighted by Gasteiger charge is 2.60. The number of aromatic nitrogens is 2. The fraction of sp³-hybridized carbons (Fsp3) is 0.556. The first-order chi connectivity index (χ1) is 11.5. The maximum Gasteiger partial charge on any atom is 0.273 e. The molecule has 3 aliphatic rings. The molecular formula is C18H21N3O2S. The summed E-state index contributed by atoms with van der Waals surface area (Å²) in [6, 6.07) is 4.12. The maximum atomic E-state index is 13.0. The number of amides is 1. The lowest BCUT2D eigenvalue weighted by Crippen LogP contribution is -2.43. The van der Waals surface area contributed by atoms with Gasteiger partial charge in [-0.25, -0.2) is 4.98 Å². The van der Waals surface area contributed by atoms with Crippen molar-refractivity contribution in [1.29, 1.82) is 0 Å². The number of likely N-dealkylation sites (tertiary alicyclic amines) is 1. The Hall–Kier alpha value is -1.66. The number of thiazole rings is 1. The summed E-state index contributed by atoms with van der Waals surface area (Å²) < 4.78 is 2.09. The zero-order valence-corrected chi connectivity index (χ0v) is 14.7. The van der Waals surface area contributed by atoms with E-state index in [2.05, 4.69) is 22.5 Å². The van der Waals surface area contributed by atoms with Crippen LogP contribution in [0.1, 0.15) is 29.0 Å². The first-order valence-corrected chi connectivity index (χ1v) is 9.50. The van der Waals surface area contributed by atoms with Crippen molar-refractivity contribution in [3.05, 3.63) is 28.9 Å². The third-order valence-electron chi connectivity index (χ3n) is 6.42. The Bertz CT molecular complexity index is 824. The molecule has 0 aromatic carbocycles. The van der Waals surface area contributed by atoms with E-state index >= 15 is 0 Å². The second-order valence-electron chi connectivity index (χ2n) is 7.55. The number of carbonyl (C=O) groups excluding carboxylic acids is 1. The van der Waals surface area contributed by atoms with E-state index < -0.39 is 0 Å². The van der Waals surface area contributed by atoms with Crippen LogP contribution in [0.25, 0.3) is 10.7 Å². The SMILES string of the molecule is Cc1ccc(-c2nc(C(=O)N3CC4CC5CC4C3C5O)cs2)n1C. The lowest BCUT2D eigenvalue weighted by molar-refractivity contribution is 0.0399. The normalized spacial score (nSPS) is 33.6. The number of carbonyl (C=O) groups is 1. The Balaban J connectivity index is 1.44. The Kier molecular flexibility index (Phi) is 3.01. The molecule has 3 heterocycles. The van der Waals surface area contributed by atoms with E-state index in [1.165, 1.54) is 17.0 Å². The van der Waals surface area contributed by atoms with Gasteiger partial charge in [-0.3, -0.25) is 4.79 Å². The molecule has 1 saturated heterocycles. The quantitative estimate of drug-likeness (QED) is 0.910. The Morgan fingerprint density at radius 3 is 2.88 bits per heavy atom. The summed E-state index contributed by atoms with van der Waals surface area (Å²) in [5.74, 6) is 1.48. The lowest BCUT2D eigenvalue weighted by Gasteiger charge is -2.28. The minimum atomic E-state index is -0.341. The van der Waals surface area contributed by atoms with Crippen molar-refractivity contribution < 1.29 is 9.90 Å². The molecule has 0 spiro atoms. The number of aliphatic hydroxyl groups is 1. The lowest BCUT2D eigenvalue weighted by atomic mass is 9.88. The third-order valence-corrected chi connectivity index (χ3v) is 7.29. The van der Waals surface area contributed by atoms with Crippen LogP contribution in [0.5, 0.6) is 0 Å². The molecule has 1 aliphatic heterocycles. The van der Waals surface area contributed by atoms with Crippen molar-refractivity contribution in [2.45, 2.75) is 31.9 Å². The molecule has 24 heavy (non-hydrogen) atoms. The van der Waals surface area contributed by atoms with Crippen molar-refractivity contribution >= 4 is 17.2 Å². The van der Waals surface area contributed by atoms with E-state index in [0.29, 0.717) is 23.4 Å². The smallest absolute Gasteiger partial charge is 0.273 e. The Morgan fingerprint density at radius 1 is 1.33 bits per heavy atom. The highest BCUT2D eigenvalue weighted by molar-refractivity contribution is 7.13. The standard InChI is InChI=1S/C18H21N3O2S/c1-9-3-4-14(20(9)2)17-19-13(8-24-17)18(23)21-7-11-5-10-6-12(11)15(21)16(10)22/h3-4,8,10-12,15-16,22H,5-7H2,1-2H3. The van der Waals surface area contributed by atoms with Crippen LogP contribution in [0.2, 0.25) is 0 Å². The molecule has 0 radical (unpaired) electrons. The Morgan fingerprint density at radius 2 is 2.17 bits per heavy atom. The second kappa shape index (κ2) is 4.92. The summed E-state index contributed by atoms with van der Waals surface area (Å²) in [6.07, 6.45) is 1.83. The number of hydrogen-bond acceptors (Lipinski definition) is 4. The molecule has 5 unspecified atom stereocenters. The number of hydrogen-bond donors (Lipinski definition) is 1. The van der Waals surface area contributed by atoms with Crippen LogP contribution in [0.15, 0.2) is 17.5 Å². The van der Waals surface area contributed by atoms with Gasteiger partial charge in [0.2, 0.25) is 0 Å². The van der Waals surface area contributed by atoms with Crippen LogP contribution >= 0.6 is 11.3 Å². The molecule has 126 valence electrons. The van der Waals surface area contributed by atoms with Crippen LogP contribution in [0.4, 0.5) is 0 Å². The van der Waals surface area contributed by atoms with Crippen molar-refractivity contribution in [3.63, 3.8) is 0 Å². The van der Waals surface area contributed by atoms with E-state index in [1.807, 2.05) is 23.4 Å². The van der Waals surface area contributed by atoms with E-state index in [0.717, 1.165) is 30.1 Å². The van der Waals surface area contributed by atoms with Crippen LogP contribution in [0, 0.1) is 24.7 Å². The second-order valence-corrected chi connectivity index (χ2v) is 8.41. The minimum Gasteiger partial charge on any atom is -0.391 e. The largest absolute Gasteiger partial charge is 0.391 e. The van der Waals surface area contributed by atoms with Gasteiger partial charge in [0.25, 0.3) is 5.91 Å². The molecule has 5 rings (SSSR count).